The van der Waals surface area contributed by atoms with Gasteiger partial charge in [0.15, 0.2) is 14.9 Å². The van der Waals surface area contributed by atoms with Crippen LogP contribution < -0.4 is 0 Å². The molecule has 0 aliphatic rings. The fourth-order valence-corrected chi connectivity index (χ4v) is 3.55. The summed E-state index contributed by atoms with van der Waals surface area (Å²) in [7, 11) is 3.26. The van der Waals surface area contributed by atoms with Crippen molar-refractivity contribution >= 4 is 26.6 Å². The summed E-state index contributed by atoms with van der Waals surface area (Å²) in [4.78, 5) is 13.3. The van der Waals surface area contributed by atoms with Crippen LogP contribution in [-0.2, 0) is 14.0 Å². The standard InChI is InChI=1S/C11H25NO3SSi/c1-7-8-11(15-17-6,16-10(3)13)14-9(2)12(4)5/h9H,7-8,17H2,1-6H3. The summed E-state index contributed by atoms with van der Waals surface area (Å²) in [5, 5.41) is -0.752. The molecule has 0 spiro atoms. The lowest BCUT2D eigenvalue weighted by molar-refractivity contribution is -0.180. The summed E-state index contributed by atoms with van der Waals surface area (Å²) in [6.07, 6.45) is 1.58. The van der Waals surface area contributed by atoms with E-state index in [1.165, 1.54) is 11.8 Å². The molecule has 0 radical (unpaired) electrons. The molecule has 0 bridgehead atoms. The third kappa shape index (κ3) is 6.57. The number of carbonyl (C=O) groups excluding carboxylic acids is 1. The SMILES string of the molecule is CCCC(O[SiH2]C)(OC(C)N(C)C)SC(C)=O. The lowest BCUT2D eigenvalue weighted by Crippen LogP contribution is -2.42. The van der Waals surface area contributed by atoms with E-state index in [4.69, 9.17) is 9.16 Å². The average molecular weight is 279 g/mol. The largest absolute Gasteiger partial charge is 0.389 e. The Kier molecular flexibility index (Phi) is 8.32. The third-order valence-electron chi connectivity index (χ3n) is 2.30. The van der Waals surface area contributed by atoms with E-state index in [0.29, 0.717) is 0 Å². The summed E-state index contributed by atoms with van der Waals surface area (Å²) >= 11 is 1.17. The number of thioether (sulfide) groups is 1. The molecule has 0 rings (SSSR count). The second kappa shape index (κ2) is 8.26. The van der Waals surface area contributed by atoms with Crippen molar-refractivity contribution in [3.05, 3.63) is 0 Å². The molecule has 102 valence electrons. The van der Waals surface area contributed by atoms with Gasteiger partial charge >= 0.3 is 0 Å². The van der Waals surface area contributed by atoms with E-state index in [1.54, 1.807) is 6.92 Å². The van der Waals surface area contributed by atoms with Gasteiger partial charge in [-0.25, -0.2) is 0 Å². The summed E-state index contributed by atoms with van der Waals surface area (Å²) in [6, 6.07) is 0. The monoisotopic (exact) mass is 279 g/mol. The Hall–Kier alpha value is 0.117. The van der Waals surface area contributed by atoms with Crippen molar-refractivity contribution in [1.29, 1.82) is 0 Å². The fourth-order valence-electron chi connectivity index (χ4n) is 1.38. The van der Waals surface area contributed by atoms with Crippen molar-refractivity contribution in [2.75, 3.05) is 14.1 Å². The molecule has 0 aromatic carbocycles. The minimum Gasteiger partial charge on any atom is -0.389 e. The van der Waals surface area contributed by atoms with Crippen LogP contribution in [0.25, 0.3) is 0 Å². The molecular formula is C11H25NO3SSi. The van der Waals surface area contributed by atoms with Crippen LogP contribution in [0.4, 0.5) is 0 Å². The Morgan fingerprint density at radius 2 is 2.12 bits per heavy atom. The molecule has 0 aliphatic heterocycles. The van der Waals surface area contributed by atoms with Gasteiger partial charge in [-0.05, 0) is 32.8 Å². The van der Waals surface area contributed by atoms with Gasteiger partial charge in [0.05, 0.1) is 0 Å². The summed E-state index contributed by atoms with van der Waals surface area (Å²) in [5.74, 6) is 0. The maximum atomic E-state index is 11.4. The Morgan fingerprint density at radius 1 is 1.53 bits per heavy atom. The van der Waals surface area contributed by atoms with Gasteiger partial charge in [-0.1, -0.05) is 19.9 Å². The van der Waals surface area contributed by atoms with Crippen LogP contribution in [0, 0.1) is 0 Å². The van der Waals surface area contributed by atoms with Gasteiger partial charge in [0.25, 0.3) is 0 Å². The predicted octanol–water partition coefficient (Wildman–Crippen LogP) is 1.79. The molecule has 17 heavy (non-hydrogen) atoms. The first-order valence-corrected chi connectivity index (χ1v) is 8.85. The predicted molar refractivity (Wildman–Crippen MR) is 75.6 cm³/mol. The molecule has 0 aromatic heterocycles. The van der Waals surface area contributed by atoms with Crippen molar-refractivity contribution in [2.24, 2.45) is 0 Å². The molecule has 0 aliphatic carbocycles. The van der Waals surface area contributed by atoms with Crippen LogP contribution in [0.3, 0.4) is 0 Å². The lowest BCUT2D eigenvalue weighted by atomic mass is 10.3. The molecule has 0 saturated heterocycles. The van der Waals surface area contributed by atoms with Crippen molar-refractivity contribution in [1.82, 2.24) is 4.90 Å². The van der Waals surface area contributed by atoms with Crippen molar-refractivity contribution < 1.29 is 14.0 Å². The molecule has 0 saturated carbocycles. The molecule has 2 unspecified atom stereocenters. The van der Waals surface area contributed by atoms with Gasteiger partial charge in [-0.2, -0.15) is 0 Å². The van der Waals surface area contributed by atoms with Gasteiger partial charge in [0.1, 0.15) is 6.23 Å². The maximum absolute atomic E-state index is 11.4. The molecule has 0 amide bonds. The Bertz CT molecular complexity index is 233. The third-order valence-corrected chi connectivity index (χ3v) is 4.28. The number of nitrogens with zero attached hydrogens (tertiary/aromatic N) is 1. The van der Waals surface area contributed by atoms with Gasteiger partial charge in [0, 0.05) is 13.3 Å². The van der Waals surface area contributed by atoms with Crippen LogP contribution >= 0.6 is 11.8 Å². The molecule has 0 heterocycles. The van der Waals surface area contributed by atoms with Crippen molar-refractivity contribution in [3.8, 4) is 0 Å². The zero-order valence-electron chi connectivity index (χ0n) is 11.8. The van der Waals surface area contributed by atoms with E-state index < -0.39 is 14.9 Å². The van der Waals surface area contributed by atoms with Gasteiger partial charge < -0.3 is 9.16 Å². The molecule has 2 atom stereocenters. The van der Waals surface area contributed by atoms with E-state index >= 15 is 0 Å². The number of hydrogen-bond acceptors (Lipinski definition) is 5. The summed E-state index contributed by atoms with van der Waals surface area (Å²) < 4.78 is 11.8. The average Bonchev–Trinajstić information content (AvgIpc) is 2.16. The zero-order chi connectivity index (χ0) is 13.5. The highest BCUT2D eigenvalue weighted by atomic mass is 32.2. The normalized spacial score (nSPS) is 17.6. The van der Waals surface area contributed by atoms with Gasteiger partial charge in [-0.3, -0.25) is 9.69 Å². The quantitative estimate of drug-likeness (QED) is 0.500. The van der Waals surface area contributed by atoms with Crippen LogP contribution in [0.15, 0.2) is 0 Å². The first-order valence-electron chi connectivity index (χ1n) is 6.04. The first-order chi connectivity index (χ1) is 7.87. The van der Waals surface area contributed by atoms with Crippen molar-refractivity contribution in [3.63, 3.8) is 0 Å². The van der Waals surface area contributed by atoms with E-state index in [1.807, 2.05) is 25.9 Å². The van der Waals surface area contributed by atoms with E-state index in [9.17, 15) is 4.79 Å². The highest BCUT2D eigenvalue weighted by Gasteiger charge is 2.35. The second-order valence-corrected chi connectivity index (χ2v) is 6.41. The smallest absolute Gasteiger partial charge is 0.217 e. The molecule has 4 nitrogen and oxygen atoms in total. The van der Waals surface area contributed by atoms with E-state index in [0.717, 1.165) is 12.8 Å². The first kappa shape index (κ1) is 17.1. The topological polar surface area (TPSA) is 38.8 Å². The zero-order valence-corrected chi connectivity index (χ0v) is 14.0. The summed E-state index contributed by atoms with van der Waals surface area (Å²) in [6.45, 7) is 7.64. The Morgan fingerprint density at radius 3 is 2.47 bits per heavy atom. The van der Waals surface area contributed by atoms with Crippen molar-refractivity contribution in [2.45, 2.75) is 51.5 Å². The van der Waals surface area contributed by atoms with Gasteiger partial charge in [0.2, 0.25) is 5.12 Å². The molecule has 6 heteroatoms. The molecule has 0 N–H and O–H groups in total. The van der Waals surface area contributed by atoms with Crippen LogP contribution in [0.2, 0.25) is 6.55 Å². The number of carbonyl (C=O) groups is 1. The number of rotatable bonds is 8. The molecule has 0 fully saturated rings. The van der Waals surface area contributed by atoms with Crippen LogP contribution in [0.1, 0.15) is 33.6 Å². The summed E-state index contributed by atoms with van der Waals surface area (Å²) in [5.41, 5.74) is 0. The minimum atomic E-state index is -0.786. The maximum Gasteiger partial charge on any atom is 0.217 e. The fraction of sp³-hybridized carbons (Fsp3) is 0.909. The Balaban J connectivity index is 4.80. The Labute approximate surface area is 111 Å². The highest BCUT2D eigenvalue weighted by molar-refractivity contribution is 8.14. The lowest BCUT2D eigenvalue weighted by Gasteiger charge is -2.36. The minimum absolute atomic E-state index is 0.0341. The van der Waals surface area contributed by atoms with Crippen LogP contribution in [-0.4, -0.2) is 45.2 Å². The van der Waals surface area contributed by atoms with Crippen LogP contribution in [0.5, 0.6) is 0 Å². The highest BCUT2D eigenvalue weighted by Crippen LogP contribution is 2.35. The molecular weight excluding hydrogens is 254 g/mol. The number of ether oxygens (including phenoxy) is 1. The van der Waals surface area contributed by atoms with Gasteiger partial charge in [-0.15, -0.1) is 0 Å². The molecule has 0 aromatic rings. The second-order valence-electron chi connectivity index (χ2n) is 4.14. The number of hydrogen-bond donors (Lipinski definition) is 0. The van der Waals surface area contributed by atoms with E-state index in [-0.39, 0.29) is 11.3 Å². The van der Waals surface area contributed by atoms with E-state index in [2.05, 4.69) is 13.5 Å².